The van der Waals surface area contributed by atoms with Gasteiger partial charge in [-0.15, -0.1) is 0 Å². The summed E-state index contributed by atoms with van der Waals surface area (Å²) in [5, 5.41) is 13.3. The van der Waals surface area contributed by atoms with Gasteiger partial charge in [-0.3, -0.25) is 14.9 Å². The summed E-state index contributed by atoms with van der Waals surface area (Å²) in [5.41, 5.74) is -0.169. The van der Waals surface area contributed by atoms with Crippen molar-refractivity contribution in [2.45, 2.75) is 0 Å². The fourth-order valence-electron chi connectivity index (χ4n) is 1.42. The van der Waals surface area contributed by atoms with E-state index in [1.807, 2.05) is 0 Å². The fourth-order valence-corrected chi connectivity index (χ4v) is 1.62. The standard InChI is InChI=1S/C12H8ClN3O3/c13-10-5-4-8(16(18)19)7-9(10)12(17)15-11-3-1-2-6-14-11/h1-7H,(H,14,15,17). The first kappa shape index (κ1) is 13.0. The lowest BCUT2D eigenvalue weighted by Gasteiger charge is -2.05. The normalized spacial score (nSPS) is 9.95. The molecule has 1 amide bonds. The number of aromatic nitrogens is 1. The number of nitro groups is 1. The predicted octanol–water partition coefficient (Wildman–Crippen LogP) is 2.90. The van der Waals surface area contributed by atoms with Crippen LogP contribution in [0.2, 0.25) is 5.02 Å². The Kier molecular flexibility index (Phi) is 3.72. The minimum Gasteiger partial charge on any atom is -0.307 e. The molecule has 0 aliphatic rings. The van der Waals surface area contributed by atoms with Gasteiger partial charge in [0.25, 0.3) is 11.6 Å². The van der Waals surface area contributed by atoms with Crippen LogP contribution in [0.4, 0.5) is 11.5 Å². The number of nitrogens with one attached hydrogen (secondary N) is 1. The molecule has 1 aromatic carbocycles. The van der Waals surface area contributed by atoms with Crippen LogP contribution in [0, 0.1) is 10.1 Å². The average molecular weight is 278 g/mol. The summed E-state index contributed by atoms with van der Waals surface area (Å²) in [6.07, 6.45) is 1.52. The maximum Gasteiger partial charge on any atom is 0.270 e. The second-order valence-electron chi connectivity index (χ2n) is 3.59. The van der Waals surface area contributed by atoms with E-state index in [0.717, 1.165) is 6.07 Å². The van der Waals surface area contributed by atoms with Gasteiger partial charge in [-0.2, -0.15) is 0 Å². The van der Waals surface area contributed by atoms with Crippen molar-refractivity contribution in [3.8, 4) is 0 Å². The summed E-state index contributed by atoms with van der Waals surface area (Å²) in [6.45, 7) is 0. The van der Waals surface area contributed by atoms with E-state index in [-0.39, 0.29) is 16.3 Å². The molecule has 0 unspecified atom stereocenters. The molecule has 2 aromatic rings. The molecule has 19 heavy (non-hydrogen) atoms. The Bertz CT molecular complexity index is 631. The molecule has 1 N–H and O–H groups in total. The highest BCUT2D eigenvalue weighted by Crippen LogP contribution is 2.22. The molecule has 0 saturated carbocycles. The molecule has 0 aliphatic carbocycles. The van der Waals surface area contributed by atoms with Gasteiger partial charge in [-0.1, -0.05) is 17.7 Å². The minimum absolute atomic E-state index is 0.0292. The number of carbonyl (C=O) groups excluding carboxylic acids is 1. The van der Waals surface area contributed by atoms with Crippen LogP contribution in [0.25, 0.3) is 0 Å². The van der Waals surface area contributed by atoms with Crippen molar-refractivity contribution >= 4 is 29.0 Å². The van der Waals surface area contributed by atoms with E-state index in [1.165, 1.54) is 18.3 Å². The Morgan fingerprint density at radius 3 is 2.74 bits per heavy atom. The van der Waals surface area contributed by atoms with Crippen molar-refractivity contribution in [2.75, 3.05) is 5.32 Å². The number of non-ortho nitro benzene ring substituents is 1. The number of rotatable bonds is 3. The largest absolute Gasteiger partial charge is 0.307 e. The Hall–Kier alpha value is -2.47. The number of anilines is 1. The number of hydrogen-bond donors (Lipinski definition) is 1. The number of nitrogens with zero attached hydrogens (tertiary/aromatic N) is 2. The zero-order valence-corrected chi connectivity index (χ0v) is 10.3. The molecule has 2 rings (SSSR count). The van der Waals surface area contributed by atoms with Crippen molar-refractivity contribution in [2.24, 2.45) is 0 Å². The topological polar surface area (TPSA) is 85.1 Å². The SMILES string of the molecule is O=C(Nc1ccccn1)c1cc([N+](=O)[O-])ccc1Cl. The van der Waals surface area contributed by atoms with Gasteiger partial charge < -0.3 is 5.32 Å². The van der Waals surface area contributed by atoms with E-state index in [1.54, 1.807) is 18.2 Å². The molecule has 0 fully saturated rings. The van der Waals surface area contributed by atoms with Crippen molar-refractivity contribution in [1.82, 2.24) is 4.98 Å². The zero-order chi connectivity index (χ0) is 13.8. The predicted molar refractivity (Wildman–Crippen MR) is 70.3 cm³/mol. The third-order valence-corrected chi connectivity index (χ3v) is 2.64. The van der Waals surface area contributed by atoms with Crippen LogP contribution in [0.3, 0.4) is 0 Å². The van der Waals surface area contributed by atoms with Crippen LogP contribution in [0.1, 0.15) is 10.4 Å². The van der Waals surface area contributed by atoms with Gasteiger partial charge in [0.15, 0.2) is 0 Å². The molecule has 6 nitrogen and oxygen atoms in total. The number of nitro benzene ring substituents is 1. The summed E-state index contributed by atoms with van der Waals surface area (Å²) in [6, 6.07) is 8.68. The summed E-state index contributed by atoms with van der Waals surface area (Å²) in [4.78, 5) is 25.9. The van der Waals surface area contributed by atoms with Gasteiger partial charge in [-0.05, 0) is 18.2 Å². The zero-order valence-electron chi connectivity index (χ0n) is 9.54. The average Bonchev–Trinajstić information content (AvgIpc) is 2.40. The van der Waals surface area contributed by atoms with Gasteiger partial charge in [0.05, 0.1) is 15.5 Å². The lowest BCUT2D eigenvalue weighted by molar-refractivity contribution is -0.384. The third-order valence-electron chi connectivity index (χ3n) is 2.31. The first-order valence-electron chi connectivity index (χ1n) is 5.24. The molecule has 0 bridgehead atoms. The third kappa shape index (κ3) is 3.05. The number of amides is 1. The highest BCUT2D eigenvalue weighted by molar-refractivity contribution is 6.34. The van der Waals surface area contributed by atoms with E-state index in [4.69, 9.17) is 11.6 Å². The quantitative estimate of drug-likeness (QED) is 0.690. The molecule has 1 aromatic heterocycles. The summed E-state index contributed by atoms with van der Waals surface area (Å²) < 4.78 is 0. The number of pyridine rings is 1. The van der Waals surface area contributed by atoms with Crippen molar-refractivity contribution in [3.63, 3.8) is 0 Å². The van der Waals surface area contributed by atoms with Gasteiger partial charge in [-0.25, -0.2) is 4.98 Å². The van der Waals surface area contributed by atoms with Crippen LogP contribution in [0.15, 0.2) is 42.6 Å². The summed E-state index contributed by atoms with van der Waals surface area (Å²) in [5.74, 6) is -0.206. The molecular weight excluding hydrogens is 270 g/mol. The summed E-state index contributed by atoms with van der Waals surface area (Å²) in [7, 11) is 0. The Morgan fingerprint density at radius 2 is 2.11 bits per heavy atom. The lowest BCUT2D eigenvalue weighted by atomic mass is 10.2. The smallest absolute Gasteiger partial charge is 0.270 e. The van der Waals surface area contributed by atoms with Crippen molar-refractivity contribution < 1.29 is 9.72 Å². The molecular formula is C12H8ClN3O3. The van der Waals surface area contributed by atoms with Gasteiger partial charge in [0.1, 0.15) is 5.82 Å². The number of benzene rings is 1. The van der Waals surface area contributed by atoms with Gasteiger partial charge >= 0.3 is 0 Å². The fraction of sp³-hybridized carbons (Fsp3) is 0. The van der Waals surface area contributed by atoms with E-state index in [2.05, 4.69) is 10.3 Å². The minimum atomic E-state index is -0.589. The maximum absolute atomic E-state index is 12.0. The molecule has 1 heterocycles. The van der Waals surface area contributed by atoms with Crippen LogP contribution in [-0.2, 0) is 0 Å². The molecule has 0 aliphatic heterocycles. The molecule has 96 valence electrons. The Morgan fingerprint density at radius 1 is 1.32 bits per heavy atom. The van der Waals surface area contributed by atoms with Crippen molar-refractivity contribution in [1.29, 1.82) is 0 Å². The maximum atomic E-state index is 12.0. The second kappa shape index (κ2) is 5.45. The van der Waals surface area contributed by atoms with E-state index in [9.17, 15) is 14.9 Å². The Balaban J connectivity index is 2.28. The van der Waals surface area contributed by atoms with Crippen LogP contribution in [0.5, 0.6) is 0 Å². The van der Waals surface area contributed by atoms with Crippen LogP contribution in [-0.4, -0.2) is 15.8 Å². The van der Waals surface area contributed by atoms with Crippen LogP contribution >= 0.6 is 11.6 Å². The monoisotopic (exact) mass is 277 g/mol. The first-order chi connectivity index (χ1) is 9.08. The van der Waals surface area contributed by atoms with E-state index < -0.39 is 10.8 Å². The van der Waals surface area contributed by atoms with Crippen LogP contribution < -0.4 is 5.32 Å². The van der Waals surface area contributed by atoms with Gasteiger partial charge in [0.2, 0.25) is 0 Å². The van der Waals surface area contributed by atoms with E-state index in [0.29, 0.717) is 5.82 Å². The van der Waals surface area contributed by atoms with E-state index >= 15 is 0 Å². The molecule has 0 spiro atoms. The molecule has 0 radical (unpaired) electrons. The second-order valence-corrected chi connectivity index (χ2v) is 4.00. The highest BCUT2D eigenvalue weighted by Gasteiger charge is 2.16. The Labute approximate surface area is 113 Å². The molecule has 7 heteroatoms. The number of halogens is 1. The van der Waals surface area contributed by atoms with Crippen molar-refractivity contribution in [3.05, 3.63) is 63.3 Å². The lowest BCUT2D eigenvalue weighted by Crippen LogP contribution is -2.13. The molecule has 0 saturated heterocycles. The first-order valence-corrected chi connectivity index (χ1v) is 5.62. The molecule has 0 atom stereocenters. The summed E-state index contributed by atoms with van der Waals surface area (Å²) >= 11 is 5.86. The number of hydrogen-bond acceptors (Lipinski definition) is 4. The number of carbonyl (C=O) groups is 1. The van der Waals surface area contributed by atoms with Gasteiger partial charge in [0, 0.05) is 18.3 Å². The highest BCUT2D eigenvalue weighted by atomic mass is 35.5.